The molecular formula is C20H21F3N2O2. The van der Waals surface area contributed by atoms with E-state index in [4.69, 9.17) is 0 Å². The van der Waals surface area contributed by atoms with Crippen molar-refractivity contribution in [2.75, 3.05) is 13.1 Å². The van der Waals surface area contributed by atoms with E-state index in [1.807, 2.05) is 31.2 Å². The second-order valence-corrected chi connectivity index (χ2v) is 6.20. The maximum absolute atomic E-state index is 12.6. The number of carbonyl (C=O) groups excluding carboxylic acids is 2. The molecule has 0 saturated heterocycles. The first-order chi connectivity index (χ1) is 12.7. The molecule has 0 aliphatic heterocycles. The average molecular weight is 378 g/mol. The second-order valence-electron chi connectivity index (χ2n) is 6.20. The standard InChI is InChI=1S/C20H21F3N2O2/c1-14-5-3-4-6-17(14)13-25(15(2)26)12-11-24-19(27)16-7-9-18(10-8-16)20(21,22)23/h3-10H,11-13H2,1-2H3,(H,24,27). The lowest BCUT2D eigenvalue weighted by Crippen LogP contribution is -2.37. The number of amides is 2. The zero-order chi connectivity index (χ0) is 20.0. The van der Waals surface area contributed by atoms with Gasteiger partial charge in [-0.25, -0.2) is 0 Å². The van der Waals surface area contributed by atoms with Crippen LogP contribution in [0.5, 0.6) is 0 Å². The minimum Gasteiger partial charge on any atom is -0.350 e. The topological polar surface area (TPSA) is 49.4 Å². The number of aryl methyl sites for hydroxylation is 1. The zero-order valence-electron chi connectivity index (χ0n) is 15.1. The molecule has 27 heavy (non-hydrogen) atoms. The van der Waals surface area contributed by atoms with E-state index in [-0.39, 0.29) is 18.0 Å². The van der Waals surface area contributed by atoms with E-state index >= 15 is 0 Å². The summed E-state index contributed by atoms with van der Waals surface area (Å²) in [5.41, 5.74) is 1.41. The lowest BCUT2D eigenvalue weighted by Gasteiger charge is -2.22. The van der Waals surface area contributed by atoms with Crippen molar-refractivity contribution in [2.45, 2.75) is 26.6 Å². The van der Waals surface area contributed by atoms with Crippen molar-refractivity contribution in [2.24, 2.45) is 0 Å². The molecule has 1 N–H and O–H groups in total. The molecule has 2 amide bonds. The molecule has 0 aliphatic rings. The first kappa shape index (κ1) is 20.5. The van der Waals surface area contributed by atoms with Gasteiger partial charge in [0.15, 0.2) is 0 Å². The molecule has 144 valence electrons. The molecule has 0 bridgehead atoms. The highest BCUT2D eigenvalue weighted by atomic mass is 19.4. The SMILES string of the molecule is CC(=O)N(CCNC(=O)c1ccc(C(F)(F)F)cc1)Cc1ccccc1C. The van der Waals surface area contributed by atoms with Gasteiger partial charge >= 0.3 is 6.18 Å². The lowest BCUT2D eigenvalue weighted by atomic mass is 10.1. The van der Waals surface area contributed by atoms with Gasteiger partial charge in [0.05, 0.1) is 5.56 Å². The maximum Gasteiger partial charge on any atom is 0.416 e. The monoisotopic (exact) mass is 378 g/mol. The fourth-order valence-corrected chi connectivity index (χ4v) is 2.56. The smallest absolute Gasteiger partial charge is 0.350 e. The maximum atomic E-state index is 12.6. The summed E-state index contributed by atoms with van der Waals surface area (Å²) in [6.45, 7) is 4.34. The van der Waals surface area contributed by atoms with Gasteiger partial charge in [-0.05, 0) is 42.3 Å². The van der Waals surface area contributed by atoms with E-state index in [2.05, 4.69) is 5.32 Å². The van der Waals surface area contributed by atoms with Gasteiger partial charge in [0.2, 0.25) is 5.91 Å². The molecular weight excluding hydrogens is 357 g/mol. The largest absolute Gasteiger partial charge is 0.416 e. The van der Waals surface area contributed by atoms with Crippen molar-refractivity contribution >= 4 is 11.8 Å². The molecule has 0 saturated carbocycles. The molecule has 0 fully saturated rings. The van der Waals surface area contributed by atoms with Gasteiger partial charge in [-0.3, -0.25) is 9.59 Å². The number of carbonyl (C=O) groups is 2. The number of hydrogen-bond donors (Lipinski definition) is 1. The molecule has 2 aromatic rings. The predicted octanol–water partition coefficient (Wildman–Crippen LogP) is 3.79. The van der Waals surface area contributed by atoms with Crippen LogP contribution >= 0.6 is 0 Å². The molecule has 2 rings (SSSR count). The van der Waals surface area contributed by atoms with Gasteiger partial charge in [0, 0.05) is 32.1 Å². The summed E-state index contributed by atoms with van der Waals surface area (Å²) in [5.74, 6) is -0.606. The van der Waals surface area contributed by atoms with Crippen molar-refractivity contribution in [3.8, 4) is 0 Å². The molecule has 4 nitrogen and oxygen atoms in total. The number of nitrogens with one attached hydrogen (secondary N) is 1. The van der Waals surface area contributed by atoms with Crippen molar-refractivity contribution < 1.29 is 22.8 Å². The Morgan fingerprint density at radius 3 is 2.22 bits per heavy atom. The summed E-state index contributed by atoms with van der Waals surface area (Å²) in [7, 11) is 0. The minimum atomic E-state index is -4.44. The Kier molecular flexibility index (Phi) is 6.60. The Morgan fingerprint density at radius 1 is 1.04 bits per heavy atom. The Labute approximate surface area is 156 Å². The normalized spacial score (nSPS) is 11.1. The third kappa shape index (κ3) is 5.84. The first-order valence-corrected chi connectivity index (χ1v) is 8.44. The minimum absolute atomic E-state index is 0.123. The Hall–Kier alpha value is -2.83. The van der Waals surface area contributed by atoms with Crippen LogP contribution in [-0.2, 0) is 17.5 Å². The third-order valence-electron chi connectivity index (χ3n) is 4.21. The fraction of sp³-hybridized carbons (Fsp3) is 0.300. The van der Waals surface area contributed by atoms with Crippen LogP contribution in [0.1, 0.15) is 34.0 Å². The fourth-order valence-electron chi connectivity index (χ4n) is 2.56. The zero-order valence-corrected chi connectivity index (χ0v) is 15.1. The summed E-state index contributed by atoms with van der Waals surface area (Å²) in [5, 5.41) is 2.63. The molecule has 0 heterocycles. The van der Waals surface area contributed by atoms with Gasteiger partial charge in [-0.1, -0.05) is 24.3 Å². The van der Waals surface area contributed by atoms with E-state index in [1.54, 1.807) is 4.90 Å². The van der Waals surface area contributed by atoms with Gasteiger partial charge in [0.25, 0.3) is 5.91 Å². The molecule has 7 heteroatoms. The van der Waals surface area contributed by atoms with E-state index in [0.717, 1.165) is 35.4 Å². The van der Waals surface area contributed by atoms with Crippen LogP contribution in [0.15, 0.2) is 48.5 Å². The molecule has 0 aromatic heterocycles. The Balaban J connectivity index is 1.91. The van der Waals surface area contributed by atoms with Crippen LogP contribution in [0.4, 0.5) is 13.2 Å². The average Bonchev–Trinajstić information content (AvgIpc) is 2.61. The van der Waals surface area contributed by atoms with Crippen LogP contribution in [0.3, 0.4) is 0 Å². The number of halogens is 3. The summed E-state index contributed by atoms with van der Waals surface area (Å²) in [6.07, 6.45) is -4.44. The van der Waals surface area contributed by atoms with Crippen molar-refractivity contribution in [3.63, 3.8) is 0 Å². The van der Waals surface area contributed by atoms with Crippen LogP contribution in [0, 0.1) is 6.92 Å². The van der Waals surface area contributed by atoms with Gasteiger partial charge in [0.1, 0.15) is 0 Å². The van der Waals surface area contributed by atoms with Crippen LogP contribution in [0.25, 0.3) is 0 Å². The highest BCUT2D eigenvalue weighted by molar-refractivity contribution is 5.94. The molecule has 2 aromatic carbocycles. The highest BCUT2D eigenvalue weighted by Crippen LogP contribution is 2.29. The summed E-state index contributed by atoms with van der Waals surface area (Å²) >= 11 is 0. The van der Waals surface area contributed by atoms with Crippen LogP contribution in [0.2, 0.25) is 0 Å². The van der Waals surface area contributed by atoms with Crippen molar-refractivity contribution in [3.05, 3.63) is 70.8 Å². The van der Waals surface area contributed by atoms with Crippen LogP contribution in [-0.4, -0.2) is 29.8 Å². The number of nitrogens with zero attached hydrogens (tertiary/aromatic N) is 1. The number of rotatable bonds is 6. The lowest BCUT2D eigenvalue weighted by molar-refractivity contribution is -0.137. The quantitative estimate of drug-likeness (QED) is 0.831. The van der Waals surface area contributed by atoms with E-state index in [9.17, 15) is 22.8 Å². The van der Waals surface area contributed by atoms with Crippen molar-refractivity contribution in [1.82, 2.24) is 10.2 Å². The predicted molar refractivity (Wildman–Crippen MR) is 96.0 cm³/mol. The molecule has 0 atom stereocenters. The number of hydrogen-bond acceptors (Lipinski definition) is 2. The summed E-state index contributed by atoms with van der Waals surface area (Å²) in [4.78, 5) is 25.5. The third-order valence-corrected chi connectivity index (χ3v) is 4.21. The molecule has 0 aliphatic carbocycles. The van der Waals surface area contributed by atoms with Crippen molar-refractivity contribution in [1.29, 1.82) is 0 Å². The second kappa shape index (κ2) is 8.70. The Morgan fingerprint density at radius 2 is 1.67 bits per heavy atom. The summed E-state index contributed by atoms with van der Waals surface area (Å²) < 4.78 is 37.7. The first-order valence-electron chi connectivity index (χ1n) is 8.44. The van der Waals surface area contributed by atoms with Crippen LogP contribution < -0.4 is 5.32 Å². The van der Waals surface area contributed by atoms with E-state index in [0.29, 0.717) is 13.1 Å². The molecule has 0 spiro atoms. The molecule has 0 unspecified atom stereocenters. The van der Waals surface area contributed by atoms with Gasteiger partial charge in [-0.2, -0.15) is 13.2 Å². The molecule has 0 radical (unpaired) electrons. The number of alkyl halides is 3. The van der Waals surface area contributed by atoms with E-state index in [1.165, 1.54) is 6.92 Å². The van der Waals surface area contributed by atoms with Gasteiger partial charge in [-0.15, -0.1) is 0 Å². The number of benzene rings is 2. The summed E-state index contributed by atoms with van der Waals surface area (Å²) in [6, 6.07) is 11.7. The van der Waals surface area contributed by atoms with Gasteiger partial charge < -0.3 is 10.2 Å². The Bertz CT molecular complexity index is 802. The van der Waals surface area contributed by atoms with E-state index < -0.39 is 17.6 Å². The highest BCUT2D eigenvalue weighted by Gasteiger charge is 2.30.